The molecule has 0 spiro atoms. The van der Waals surface area contributed by atoms with Crippen LogP contribution in [0.25, 0.3) is 0 Å². The second kappa shape index (κ2) is 4.09. The van der Waals surface area contributed by atoms with Crippen LogP contribution in [0, 0.1) is 5.41 Å². The van der Waals surface area contributed by atoms with E-state index in [0.29, 0.717) is 6.42 Å². The fraction of sp³-hybridized carbons (Fsp3) is 0.583. The van der Waals surface area contributed by atoms with E-state index in [4.69, 9.17) is 0 Å². The molecule has 0 amide bonds. The second-order valence-electron chi connectivity index (χ2n) is 4.54. The highest BCUT2D eigenvalue weighted by molar-refractivity contribution is 5.75. The van der Waals surface area contributed by atoms with Crippen LogP contribution in [0.4, 0.5) is 0 Å². The van der Waals surface area contributed by atoms with E-state index >= 15 is 0 Å². The Labute approximate surface area is 89.5 Å². The van der Waals surface area contributed by atoms with E-state index in [0.717, 1.165) is 31.2 Å². The zero-order valence-corrected chi connectivity index (χ0v) is 8.83. The van der Waals surface area contributed by atoms with E-state index in [-0.39, 0.29) is 0 Å². The van der Waals surface area contributed by atoms with Gasteiger partial charge in [0.15, 0.2) is 0 Å². The second-order valence-corrected chi connectivity index (χ2v) is 4.54. The molecule has 1 fully saturated rings. The van der Waals surface area contributed by atoms with Gasteiger partial charge in [0.2, 0.25) is 0 Å². The van der Waals surface area contributed by atoms with Crippen molar-refractivity contribution in [3.63, 3.8) is 0 Å². The smallest absolute Gasteiger partial charge is 0.309 e. The SMILES string of the molecule is O=C(O)C1(Cc2cc[nH]c2)CCCCC1. The van der Waals surface area contributed by atoms with Gasteiger partial charge < -0.3 is 10.1 Å². The number of rotatable bonds is 3. The molecule has 0 aliphatic heterocycles. The largest absolute Gasteiger partial charge is 0.481 e. The molecule has 2 N–H and O–H groups in total. The molecule has 1 aromatic rings. The summed E-state index contributed by atoms with van der Waals surface area (Å²) in [5, 5.41) is 9.38. The molecule has 15 heavy (non-hydrogen) atoms. The minimum atomic E-state index is -0.622. The van der Waals surface area contributed by atoms with Gasteiger partial charge in [0, 0.05) is 12.4 Å². The first-order chi connectivity index (χ1) is 7.23. The monoisotopic (exact) mass is 207 g/mol. The van der Waals surface area contributed by atoms with Gasteiger partial charge in [-0.2, -0.15) is 0 Å². The molecule has 1 aliphatic rings. The van der Waals surface area contributed by atoms with Crippen molar-refractivity contribution in [3.8, 4) is 0 Å². The highest BCUT2D eigenvalue weighted by Gasteiger charge is 2.39. The average molecular weight is 207 g/mol. The number of carboxylic acid groups (broad SMARTS) is 1. The maximum atomic E-state index is 11.4. The Balaban J connectivity index is 2.15. The van der Waals surface area contributed by atoms with Crippen molar-refractivity contribution in [1.82, 2.24) is 4.98 Å². The molecule has 1 saturated carbocycles. The van der Waals surface area contributed by atoms with Gasteiger partial charge in [-0.15, -0.1) is 0 Å². The van der Waals surface area contributed by atoms with Crippen LogP contribution in [0.2, 0.25) is 0 Å². The van der Waals surface area contributed by atoms with Crippen LogP contribution < -0.4 is 0 Å². The van der Waals surface area contributed by atoms with Gasteiger partial charge in [0.1, 0.15) is 0 Å². The van der Waals surface area contributed by atoms with Crippen molar-refractivity contribution >= 4 is 5.97 Å². The van der Waals surface area contributed by atoms with E-state index in [1.165, 1.54) is 6.42 Å². The van der Waals surface area contributed by atoms with E-state index in [2.05, 4.69) is 4.98 Å². The molecule has 2 rings (SSSR count). The molecule has 0 radical (unpaired) electrons. The van der Waals surface area contributed by atoms with E-state index in [9.17, 15) is 9.90 Å². The maximum Gasteiger partial charge on any atom is 0.309 e. The number of carbonyl (C=O) groups is 1. The Hall–Kier alpha value is -1.25. The maximum absolute atomic E-state index is 11.4. The lowest BCUT2D eigenvalue weighted by Crippen LogP contribution is -2.35. The van der Waals surface area contributed by atoms with Crippen LogP contribution >= 0.6 is 0 Å². The molecule has 3 heteroatoms. The minimum Gasteiger partial charge on any atom is -0.481 e. The van der Waals surface area contributed by atoms with Gasteiger partial charge in [-0.1, -0.05) is 19.3 Å². The van der Waals surface area contributed by atoms with Gasteiger partial charge >= 0.3 is 5.97 Å². The third kappa shape index (κ3) is 2.06. The summed E-state index contributed by atoms with van der Waals surface area (Å²) in [5.41, 5.74) is 0.611. The first-order valence-electron chi connectivity index (χ1n) is 5.58. The molecule has 0 bridgehead atoms. The predicted molar refractivity (Wildman–Crippen MR) is 57.7 cm³/mol. The minimum absolute atomic E-state index is 0.500. The van der Waals surface area contributed by atoms with Crippen molar-refractivity contribution in [1.29, 1.82) is 0 Å². The van der Waals surface area contributed by atoms with E-state index in [1.54, 1.807) is 0 Å². The van der Waals surface area contributed by atoms with Crippen LogP contribution in [0.15, 0.2) is 18.5 Å². The summed E-state index contributed by atoms with van der Waals surface area (Å²) in [4.78, 5) is 14.4. The number of nitrogens with one attached hydrogen (secondary N) is 1. The molecule has 0 saturated heterocycles. The Kier molecular flexibility index (Phi) is 2.80. The number of carboxylic acids is 1. The summed E-state index contributed by atoms with van der Waals surface area (Å²) in [6.45, 7) is 0. The van der Waals surface area contributed by atoms with Gasteiger partial charge in [0.05, 0.1) is 5.41 Å². The van der Waals surface area contributed by atoms with Crippen LogP contribution in [-0.4, -0.2) is 16.1 Å². The Morgan fingerprint density at radius 1 is 1.40 bits per heavy atom. The highest BCUT2D eigenvalue weighted by Crippen LogP contribution is 2.39. The van der Waals surface area contributed by atoms with Crippen LogP contribution in [0.3, 0.4) is 0 Å². The standard InChI is InChI=1S/C12H17NO2/c14-11(15)12(5-2-1-3-6-12)8-10-4-7-13-9-10/h4,7,9,13H,1-3,5-6,8H2,(H,14,15). The van der Waals surface area contributed by atoms with Crippen molar-refractivity contribution in [2.75, 3.05) is 0 Å². The number of aromatic nitrogens is 1. The summed E-state index contributed by atoms with van der Waals surface area (Å²) >= 11 is 0. The third-order valence-electron chi connectivity index (χ3n) is 3.47. The number of hydrogen-bond donors (Lipinski definition) is 2. The summed E-state index contributed by atoms with van der Waals surface area (Å²) in [6.07, 6.45) is 9.37. The Bertz CT molecular complexity index is 323. The van der Waals surface area contributed by atoms with E-state index < -0.39 is 11.4 Å². The molecule has 1 heterocycles. The lowest BCUT2D eigenvalue weighted by atomic mass is 9.71. The van der Waals surface area contributed by atoms with Gasteiger partial charge in [-0.3, -0.25) is 4.79 Å². The molecular formula is C12H17NO2. The molecule has 3 nitrogen and oxygen atoms in total. The zero-order chi connectivity index (χ0) is 10.7. The lowest BCUT2D eigenvalue weighted by molar-refractivity contribution is -0.151. The lowest BCUT2D eigenvalue weighted by Gasteiger charge is -2.32. The number of aromatic amines is 1. The number of hydrogen-bond acceptors (Lipinski definition) is 1. The van der Waals surface area contributed by atoms with E-state index in [1.807, 2.05) is 18.5 Å². The third-order valence-corrected chi connectivity index (χ3v) is 3.47. The number of H-pyrrole nitrogens is 1. The van der Waals surface area contributed by atoms with Crippen molar-refractivity contribution in [3.05, 3.63) is 24.0 Å². The molecule has 0 aromatic carbocycles. The Morgan fingerprint density at radius 3 is 2.67 bits per heavy atom. The van der Waals surface area contributed by atoms with Crippen LogP contribution in [0.1, 0.15) is 37.7 Å². The molecule has 1 aliphatic carbocycles. The summed E-state index contributed by atoms with van der Waals surface area (Å²) in [6, 6.07) is 1.97. The molecule has 82 valence electrons. The fourth-order valence-electron chi connectivity index (χ4n) is 2.55. The molecule has 0 atom stereocenters. The van der Waals surface area contributed by atoms with Crippen LogP contribution in [-0.2, 0) is 11.2 Å². The summed E-state index contributed by atoms with van der Waals surface area (Å²) in [7, 11) is 0. The first-order valence-corrected chi connectivity index (χ1v) is 5.58. The first kappa shape index (κ1) is 10.3. The molecule has 0 unspecified atom stereocenters. The van der Waals surface area contributed by atoms with Crippen molar-refractivity contribution in [2.45, 2.75) is 38.5 Å². The van der Waals surface area contributed by atoms with Crippen LogP contribution in [0.5, 0.6) is 0 Å². The van der Waals surface area contributed by atoms with Gasteiger partial charge in [-0.25, -0.2) is 0 Å². The zero-order valence-electron chi connectivity index (χ0n) is 8.83. The fourth-order valence-corrected chi connectivity index (χ4v) is 2.55. The summed E-state index contributed by atoms with van der Waals surface area (Å²) in [5.74, 6) is -0.622. The molecular weight excluding hydrogens is 190 g/mol. The number of aliphatic carboxylic acids is 1. The average Bonchev–Trinajstić information content (AvgIpc) is 2.71. The quantitative estimate of drug-likeness (QED) is 0.800. The Morgan fingerprint density at radius 2 is 2.13 bits per heavy atom. The van der Waals surface area contributed by atoms with Crippen molar-refractivity contribution in [2.24, 2.45) is 5.41 Å². The normalized spacial score (nSPS) is 20.0. The van der Waals surface area contributed by atoms with Crippen molar-refractivity contribution < 1.29 is 9.90 Å². The highest BCUT2D eigenvalue weighted by atomic mass is 16.4. The molecule has 1 aromatic heterocycles. The summed E-state index contributed by atoms with van der Waals surface area (Å²) < 4.78 is 0. The topological polar surface area (TPSA) is 53.1 Å². The van der Waals surface area contributed by atoms with Gasteiger partial charge in [0.25, 0.3) is 0 Å². The van der Waals surface area contributed by atoms with Gasteiger partial charge in [-0.05, 0) is 30.9 Å². The predicted octanol–water partition coefficient (Wildman–Crippen LogP) is 2.59.